The van der Waals surface area contributed by atoms with E-state index >= 15 is 0 Å². The van der Waals surface area contributed by atoms with Crippen LogP contribution in [-0.2, 0) is 6.54 Å². The highest BCUT2D eigenvalue weighted by atomic mass is 79.9. The maximum atomic E-state index is 12.9. The maximum absolute atomic E-state index is 12.9. The first kappa shape index (κ1) is 15.6. The molecule has 0 radical (unpaired) electrons. The quantitative estimate of drug-likeness (QED) is 0.720. The van der Waals surface area contributed by atoms with Gasteiger partial charge in [0.1, 0.15) is 5.82 Å². The van der Waals surface area contributed by atoms with Crippen LogP contribution >= 0.6 is 15.9 Å². The van der Waals surface area contributed by atoms with Crippen LogP contribution in [0.1, 0.15) is 45.1 Å². The molecule has 0 saturated carbocycles. The minimum atomic E-state index is -0.194. The number of hydrogen-bond acceptors (Lipinski definition) is 1. The summed E-state index contributed by atoms with van der Waals surface area (Å²) in [5, 5.41) is 3.47. The van der Waals surface area contributed by atoms with Gasteiger partial charge in [0.05, 0.1) is 0 Å². The Morgan fingerprint density at radius 2 is 2.11 bits per heavy atom. The molecule has 0 aliphatic heterocycles. The van der Waals surface area contributed by atoms with E-state index in [2.05, 4.69) is 35.1 Å². The lowest BCUT2D eigenvalue weighted by Crippen LogP contribution is -2.22. The van der Waals surface area contributed by atoms with E-state index in [1.807, 2.05) is 6.07 Å². The Kier molecular flexibility index (Phi) is 7.52. The summed E-state index contributed by atoms with van der Waals surface area (Å²) in [5.41, 5.74) is 1.11. The molecule has 18 heavy (non-hydrogen) atoms. The molecular weight excluding hydrogens is 293 g/mol. The van der Waals surface area contributed by atoms with Crippen LogP contribution in [0.2, 0.25) is 0 Å². The molecule has 0 fully saturated rings. The number of rotatable bonds is 8. The van der Waals surface area contributed by atoms with Gasteiger partial charge in [-0.15, -0.1) is 0 Å². The van der Waals surface area contributed by atoms with Crippen molar-refractivity contribution >= 4 is 15.9 Å². The second-order valence-electron chi connectivity index (χ2n) is 4.78. The Hall–Kier alpha value is -0.410. The third-order valence-electron chi connectivity index (χ3n) is 3.31. The zero-order valence-electron chi connectivity index (χ0n) is 11.3. The highest BCUT2D eigenvalue weighted by Gasteiger charge is 2.06. The first-order valence-corrected chi connectivity index (χ1v) is 7.61. The molecule has 102 valence electrons. The summed E-state index contributed by atoms with van der Waals surface area (Å²) in [7, 11) is 0. The Morgan fingerprint density at radius 1 is 1.33 bits per heavy atom. The standard InChI is InChI=1S/C15H23BrFN/c1-3-5-6-12(4-2)10-18-11-13-7-8-14(17)9-15(13)16/h7-9,12,18H,3-6,10-11H2,1-2H3. The third kappa shape index (κ3) is 5.49. The predicted molar refractivity (Wildman–Crippen MR) is 79.1 cm³/mol. The molecule has 0 aliphatic rings. The highest BCUT2D eigenvalue weighted by Crippen LogP contribution is 2.18. The topological polar surface area (TPSA) is 12.0 Å². The lowest BCUT2D eigenvalue weighted by molar-refractivity contribution is 0.419. The van der Waals surface area contributed by atoms with Gasteiger partial charge in [-0.2, -0.15) is 0 Å². The van der Waals surface area contributed by atoms with Gasteiger partial charge in [0.15, 0.2) is 0 Å². The van der Waals surface area contributed by atoms with Crippen LogP contribution < -0.4 is 5.32 Å². The van der Waals surface area contributed by atoms with Crippen LogP contribution in [0.5, 0.6) is 0 Å². The lowest BCUT2D eigenvalue weighted by Gasteiger charge is -2.15. The number of unbranched alkanes of at least 4 members (excludes halogenated alkanes) is 1. The zero-order chi connectivity index (χ0) is 13.4. The van der Waals surface area contributed by atoms with E-state index in [0.29, 0.717) is 0 Å². The molecule has 0 amide bonds. The predicted octanol–water partition coefficient (Wildman–Crippen LogP) is 4.89. The van der Waals surface area contributed by atoms with Gasteiger partial charge in [-0.05, 0) is 36.6 Å². The molecule has 1 rings (SSSR count). The molecule has 1 unspecified atom stereocenters. The SMILES string of the molecule is CCCCC(CC)CNCc1ccc(F)cc1Br. The molecule has 0 bridgehead atoms. The van der Waals surface area contributed by atoms with Crippen molar-refractivity contribution in [2.45, 2.75) is 46.1 Å². The maximum Gasteiger partial charge on any atom is 0.124 e. The Labute approximate surface area is 118 Å². The molecule has 0 aliphatic carbocycles. The van der Waals surface area contributed by atoms with E-state index in [9.17, 15) is 4.39 Å². The summed E-state index contributed by atoms with van der Waals surface area (Å²) in [6, 6.07) is 4.86. The first-order valence-electron chi connectivity index (χ1n) is 6.82. The van der Waals surface area contributed by atoms with E-state index in [1.165, 1.54) is 37.8 Å². The summed E-state index contributed by atoms with van der Waals surface area (Å²) in [5.74, 6) is 0.559. The monoisotopic (exact) mass is 315 g/mol. The summed E-state index contributed by atoms with van der Waals surface area (Å²) in [6.07, 6.45) is 5.09. The van der Waals surface area contributed by atoms with Crippen molar-refractivity contribution in [1.82, 2.24) is 5.32 Å². The van der Waals surface area contributed by atoms with E-state index < -0.39 is 0 Å². The van der Waals surface area contributed by atoms with Gasteiger partial charge in [0.2, 0.25) is 0 Å². The molecule has 0 saturated heterocycles. The largest absolute Gasteiger partial charge is 0.312 e. The van der Waals surface area contributed by atoms with E-state index in [4.69, 9.17) is 0 Å². The molecule has 1 N–H and O–H groups in total. The number of benzene rings is 1. The van der Waals surface area contributed by atoms with Crippen molar-refractivity contribution in [3.63, 3.8) is 0 Å². The first-order chi connectivity index (χ1) is 8.67. The van der Waals surface area contributed by atoms with Gasteiger partial charge in [-0.1, -0.05) is 55.1 Å². The second-order valence-corrected chi connectivity index (χ2v) is 5.64. The molecule has 1 aromatic carbocycles. The van der Waals surface area contributed by atoms with Crippen molar-refractivity contribution < 1.29 is 4.39 Å². The Morgan fingerprint density at radius 3 is 2.72 bits per heavy atom. The van der Waals surface area contributed by atoms with Crippen molar-refractivity contribution in [1.29, 1.82) is 0 Å². The zero-order valence-corrected chi connectivity index (χ0v) is 12.9. The smallest absolute Gasteiger partial charge is 0.124 e. The van der Waals surface area contributed by atoms with Gasteiger partial charge in [0.25, 0.3) is 0 Å². The van der Waals surface area contributed by atoms with E-state index in [0.717, 1.165) is 29.0 Å². The summed E-state index contributed by atoms with van der Waals surface area (Å²) < 4.78 is 13.8. The number of nitrogens with one attached hydrogen (secondary N) is 1. The molecule has 1 atom stereocenters. The molecule has 0 heterocycles. The third-order valence-corrected chi connectivity index (χ3v) is 4.05. The number of hydrogen-bond donors (Lipinski definition) is 1. The van der Waals surface area contributed by atoms with Gasteiger partial charge in [-0.25, -0.2) is 4.39 Å². The van der Waals surface area contributed by atoms with Crippen LogP contribution in [0.15, 0.2) is 22.7 Å². The normalized spacial score (nSPS) is 12.7. The number of halogens is 2. The van der Waals surface area contributed by atoms with Gasteiger partial charge in [0, 0.05) is 11.0 Å². The molecule has 1 aromatic rings. The molecule has 3 heteroatoms. The van der Waals surface area contributed by atoms with Crippen molar-refractivity contribution in [3.8, 4) is 0 Å². The van der Waals surface area contributed by atoms with E-state index in [1.54, 1.807) is 0 Å². The molecule has 1 nitrogen and oxygen atoms in total. The van der Waals surface area contributed by atoms with E-state index in [-0.39, 0.29) is 5.82 Å². The average molecular weight is 316 g/mol. The van der Waals surface area contributed by atoms with Crippen molar-refractivity contribution in [3.05, 3.63) is 34.1 Å². The highest BCUT2D eigenvalue weighted by molar-refractivity contribution is 9.10. The molecule has 0 spiro atoms. The van der Waals surface area contributed by atoms with Crippen LogP contribution in [-0.4, -0.2) is 6.54 Å². The van der Waals surface area contributed by atoms with Crippen LogP contribution in [0, 0.1) is 11.7 Å². The minimum Gasteiger partial charge on any atom is -0.312 e. The summed E-state index contributed by atoms with van der Waals surface area (Å²) in [6.45, 7) is 6.31. The van der Waals surface area contributed by atoms with Crippen LogP contribution in [0.4, 0.5) is 4.39 Å². The van der Waals surface area contributed by atoms with Crippen molar-refractivity contribution in [2.24, 2.45) is 5.92 Å². The van der Waals surface area contributed by atoms with Gasteiger partial charge < -0.3 is 5.32 Å². The fourth-order valence-electron chi connectivity index (χ4n) is 2.02. The fourth-order valence-corrected chi connectivity index (χ4v) is 2.51. The van der Waals surface area contributed by atoms with Gasteiger partial charge >= 0.3 is 0 Å². The molecular formula is C15H23BrFN. The molecule has 0 aromatic heterocycles. The van der Waals surface area contributed by atoms with Crippen LogP contribution in [0.3, 0.4) is 0 Å². The lowest BCUT2D eigenvalue weighted by atomic mass is 9.99. The fraction of sp³-hybridized carbons (Fsp3) is 0.600. The summed E-state index contributed by atoms with van der Waals surface area (Å²) in [4.78, 5) is 0. The van der Waals surface area contributed by atoms with Crippen LogP contribution in [0.25, 0.3) is 0 Å². The second kappa shape index (κ2) is 8.65. The summed E-state index contributed by atoms with van der Waals surface area (Å²) >= 11 is 3.39. The Bertz CT molecular complexity index is 354. The minimum absolute atomic E-state index is 0.194. The van der Waals surface area contributed by atoms with Gasteiger partial charge in [-0.3, -0.25) is 0 Å². The average Bonchev–Trinajstić information content (AvgIpc) is 2.36. The Balaban J connectivity index is 2.35. The van der Waals surface area contributed by atoms with Crippen molar-refractivity contribution in [2.75, 3.05) is 6.54 Å².